The van der Waals surface area contributed by atoms with Crippen LogP contribution in [0.1, 0.15) is 21.7 Å². The van der Waals surface area contributed by atoms with E-state index in [1.807, 2.05) is 54.0 Å². The van der Waals surface area contributed by atoms with Crippen LogP contribution in [0.5, 0.6) is 0 Å². The Balaban J connectivity index is 1.81. The van der Waals surface area contributed by atoms with E-state index >= 15 is 0 Å². The molecule has 0 fully saturated rings. The zero-order valence-electron chi connectivity index (χ0n) is 13.1. The van der Waals surface area contributed by atoms with Gasteiger partial charge in [-0.05, 0) is 31.5 Å². The quantitative estimate of drug-likeness (QED) is 0.528. The van der Waals surface area contributed by atoms with Gasteiger partial charge in [0, 0.05) is 11.3 Å². The van der Waals surface area contributed by atoms with Gasteiger partial charge >= 0.3 is 0 Å². The number of carbonyl (C=O) groups is 1. The lowest BCUT2D eigenvalue weighted by Gasteiger charge is -2.09. The molecule has 3 rings (SSSR count). The van der Waals surface area contributed by atoms with Gasteiger partial charge in [0.05, 0.1) is 5.75 Å². The summed E-state index contributed by atoms with van der Waals surface area (Å²) in [6.45, 7) is 3.97. The number of hydrogen-bond acceptors (Lipinski definition) is 4. The standard InChI is InChI=1S/C18H17N3OS/c1-13-7-6-10-16(11-13)21-14(2)19-20-18(21)23-12-17(22)15-8-4-3-5-9-15/h3-11H,12H2,1-2H3. The molecule has 1 heterocycles. The smallest absolute Gasteiger partial charge is 0.196 e. The molecule has 0 radical (unpaired) electrons. The summed E-state index contributed by atoms with van der Waals surface area (Å²) in [7, 11) is 0. The molecule has 3 aromatic rings. The highest BCUT2D eigenvalue weighted by Crippen LogP contribution is 2.23. The van der Waals surface area contributed by atoms with Gasteiger partial charge in [0.25, 0.3) is 0 Å². The van der Waals surface area contributed by atoms with E-state index in [0.717, 1.165) is 22.2 Å². The molecule has 0 unspecified atom stereocenters. The average Bonchev–Trinajstić information content (AvgIpc) is 2.94. The van der Waals surface area contributed by atoms with Crippen LogP contribution in [0.15, 0.2) is 59.8 Å². The molecular weight excluding hydrogens is 306 g/mol. The fourth-order valence-electron chi connectivity index (χ4n) is 2.34. The highest BCUT2D eigenvalue weighted by molar-refractivity contribution is 7.99. The zero-order valence-corrected chi connectivity index (χ0v) is 13.9. The third kappa shape index (κ3) is 3.51. The molecule has 23 heavy (non-hydrogen) atoms. The summed E-state index contributed by atoms with van der Waals surface area (Å²) < 4.78 is 1.98. The molecule has 0 spiro atoms. The molecular formula is C18H17N3OS. The first-order valence-electron chi connectivity index (χ1n) is 7.35. The van der Waals surface area contributed by atoms with Crippen LogP contribution in [-0.2, 0) is 0 Å². The van der Waals surface area contributed by atoms with E-state index < -0.39 is 0 Å². The van der Waals surface area contributed by atoms with E-state index in [0.29, 0.717) is 5.75 Å². The van der Waals surface area contributed by atoms with Crippen molar-refractivity contribution < 1.29 is 4.79 Å². The van der Waals surface area contributed by atoms with E-state index in [4.69, 9.17) is 0 Å². The number of hydrogen-bond donors (Lipinski definition) is 0. The van der Waals surface area contributed by atoms with Crippen LogP contribution in [-0.4, -0.2) is 26.3 Å². The summed E-state index contributed by atoms with van der Waals surface area (Å²) in [5.41, 5.74) is 2.91. The molecule has 1 aromatic heterocycles. The number of Topliss-reactive ketones (excluding diaryl/α,β-unsaturated/α-hetero) is 1. The Morgan fingerprint density at radius 2 is 1.83 bits per heavy atom. The Labute approximate surface area is 139 Å². The van der Waals surface area contributed by atoms with Gasteiger partial charge in [-0.1, -0.05) is 54.2 Å². The number of carbonyl (C=O) groups excluding carboxylic acids is 1. The molecule has 0 atom stereocenters. The maximum Gasteiger partial charge on any atom is 0.196 e. The first-order chi connectivity index (χ1) is 11.1. The number of aryl methyl sites for hydroxylation is 2. The number of rotatable bonds is 5. The Morgan fingerprint density at radius 1 is 1.04 bits per heavy atom. The van der Waals surface area contributed by atoms with Crippen molar-refractivity contribution >= 4 is 17.5 Å². The molecule has 0 saturated carbocycles. The lowest BCUT2D eigenvalue weighted by atomic mass is 10.2. The summed E-state index contributed by atoms with van der Waals surface area (Å²) in [5, 5.41) is 9.10. The second kappa shape index (κ2) is 6.79. The highest BCUT2D eigenvalue weighted by atomic mass is 32.2. The summed E-state index contributed by atoms with van der Waals surface area (Å²) in [6.07, 6.45) is 0. The molecule has 0 saturated heterocycles. The zero-order chi connectivity index (χ0) is 16.2. The maximum absolute atomic E-state index is 12.2. The van der Waals surface area contributed by atoms with Crippen molar-refractivity contribution in [3.8, 4) is 5.69 Å². The topological polar surface area (TPSA) is 47.8 Å². The Hall–Kier alpha value is -2.40. The SMILES string of the molecule is Cc1cccc(-n2c(C)nnc2SCC(=O)c2ccccc2)c1. The van der Waals surface area contributed by atoms with Crippen molar-refractivity contribution in [2.24, 2.45) is 0 Å². The minimum absolute atomic E-state index is 0.0899. The summed E-state index contributed by atoms with van der Waals surface area (Å²) in [4.78, 5) is 12.2. The molecule has 0 N–H and O–H groups in total. The van der Waals surface area contributed by atoms with Gasteiger partial charge in [0.15, 0.2) is 10.9 Å². The van der Waals surface area contributed by atoms with Crippen LogP contribution in [0.3, 0.4) is 0 Å². The molecule has 2 aromatic carbocycles. The third-order valence-corrected chi connectivity index (χ3v) is 4.41. The average molecular weight is 323 g/mol. The molecule has 5 heteroatoms. The predicted molar refractivity (Wildman–Crippen MR) is 92.3 cm³/mol. The van der Waals surface area contributed by atoms with E-state index in [1.54, 1.807) is 0 Å². The highest BCUT2D eigenvalue weighted by Gasteiger charge is 2.14. The van der Waals surface area contributed by atoms with Gasteiger partial charge < -0.3 is 0 Å². The van der Waals surface area contributed by atoms with Crippen LogP contribution < -0.4 is 0 Å². The molecule has 0 amide bonds. The number of benzene rings is 2. The van der Waals surface area contributed by atoms with Crippen LogP contribution in [0.25, 0.3) is 5.69 Å². The van der Waals surface area contributed by atoms with Crippen molar-refractivity contribution in [1.82, 2.24) is 14.8 Å². The van der Waals surface area contributed by atoms with Crippen LogP contribution in [0, 0.1) is 13.8 Å². The second-order valence-electron chi connectivity index (χ2n) is 5.28. The Bertz CT molecular complexity index is 827. The molecule has 0 aliphatic carbocycles. The van der Waals surface area contributed by atoms with Gasteiger partial charge in [-0.15, -0.1) is 10.2 Å². The minimum Gasteiger partial charge on any atom is -0.293 e. The van der Waals surface area contributed by atoms with E-state index in [2.05, 4.69) is 29.3 Å². The maximum atomic E-state index is 12.2. The first kappa shape index (κ1) is 15.5. The number of ketones is 1. The predicted octanol–water partition coefficient (Wildman–Crippen LogP) is 3.86. The Kier molecular flexibility index (Phi) is 4.57. The Morgan fingerprint density at radius 3 is 2.57 bits per heavy atom. The van der Waals surface area contributed by atoms with Crippen molar-refractivity contribution in [2.75, 3.05) is 5.75 Å². The third-order valence-electron chi connectivity index (χ3n) is 3.48. The van der Waals surface area contributed by atoms with Gasteiger partial charge in [-0.25, -0.2) is 0 Å². The largest absolute Gasteiger partial charge is 0.293 e. The van der Waals surface area contributed by atoms with Crippen LogP contribution in [0.2, 0.25) is 0 Å². The fourth-order valence-corrected chi connectivity index (χ4v) is 3.23. The normalized spacial score (nSPS) is 10.7. The summed E-state index contributed by atoms with van der Waals surface area (Å²) in [5.74, 6) is 1.24. The van der Waals surface area contributed by atoms with E-state index in [1.165, 1.54) is 17.3 Å². The lowest BCUT2D eigenvalue weighted by molar-refractivity contribution is 0.102. The van der Waals surface area contributed by atoms with E-state index in [-0.39, 0.29) is 5.78 Å². The number of nitrogens with zero attached hydrogens (tertiary/aromatic N) is 3. The van der Waals surface area contributed by atoms with Crippen LogP contribution in [0.4, 0.5) is 0 Å². The summed E-state index contributed by atoms with van der Waals surface area (Å²) in [6, 6.07) is 17.5. The van der Waals surface area contributed by atoms with Crippen LogP contribution >= 0.6 is 11.8 Å². The lowest BCUT2D eigenvalue weighted by Crippen LogP contribution is -2.05. The van der Waals surface area contributed by atoms with Crippen molar-refractivity contribution in [3.63, 3.8) is 0 Å². The van der Waals surface area contributed by atoms with Crippen molar-refractivity contribution in [3.05, 3.63) is 71.5 Å². The molecule has 4 nitrogen and oxygen atoms in total. The molecule has 0 aliphatic heterocycles. The number of thioether (sulfide) groups is 1. The molecule has 0 aliphatic rings. The fraction of sp³-hybridized carbons (Fsp3) is 0.167. The van der Waals surface area contributed by atoms with Gasteiger partial charge in [-0.3, -0.25) is 9.36 Å². The van der Waals surface area contributed by atoms with Gasteiger partial charge in [-0.2, -0.15) is 0 Å². The number of aromatic nitrogens is 3. The van der Waals surface area contributed by atoms with E-state index in [9.17, 15) is 4.79 Å². The second-order valence-corrected chi connectivity index (χ2v) is 6.22. The summed E-state index contributed by atoms with van der Waals surface area (Å²) >= 11 is 1.41. The monoisotopic (exact) mass is 323 g/mol. The molecule has 116 valence electrons. The minimum atomic E-state index is 0.0899. The van der Waals surface area contributed by atoms with Gasteiger partial charge in [0.2, 0.25) is 0 Å². The first-order valence-corrected chi connectivity index (χ1v) is 8.34. The van der Waals surface area contributed by atoms with Gasteiger partial charge in [0.1, 0.15) is 5.82 Å². The molecule has 0 bridgehead atoms. The van der Waals surface area contributed by atoms with Crippen molar-refractivity contribution in [1.29, 1.82) is 0 Å². The van der Waals surface area contributed by atoms with Crippen molar-refractivity contribution in [2.45, 2.75) is 19.0 Å².